The number of nitrogens with zero attached hydrogens (tertiary/aromatic N) is 1. The van der Waals surface area contributed by atoms with Gasteiger partial charge < -0.3 is 14.0 Å². The molecule has 0 fully saturated rings. The summed E-state index contributed by atoms with van der Waals surface area (Å²) in [6.07, 6.45) is 0. The van der Waals surface area contributed by atoms with Gasteiger partial charge in [-0.25, -0.2) is 0 Å². The molecule has 5 heteroatoms. The highest BCUT2D eigenvalue weighted by Gasteiger charge is 2.10. The molecule has 1 aromatic carbocycles. The van der Waals surface area contributed by atoms with Crippen molar-refractivity contribution >= 4 is 15.9 Å². The van der Waals surface area contributed by atoms with Crippen molar-refractivity contribution in [3.63, 3.8) is 0 Å². The molecule has 0 aliphatic heterocycles. The van der Waals surface area contributed by atoms with Crippen LogP contribution in [0.25, 0.3) is 0 Å². The smallest absolute Gasteiger partial charge is 0.140 e. The van der Waals surface area contributed by atoms with Gasteiger partial charge in [-0.3, -0.25) is 0 Å². The first-order valence-electron chi connectivity index (χ1n) is 5.50. The molecule has 0 bridgehead atoms. The molecule has 1 aromatic heterocycles. The first-order valence-corrected chi connectivity index (χ1v) is 6.29. The number of ether oxygens (including phenoxy) is 2. The van der Waals surface area contributed by atoms with E-state index in [1.807, 2.05) is 32.0 Å². The van der Waals surface area contributed by atoms with Crippen LogP contribution in [-0.4, -0.2) is 12.3 Å². The van der Waals surface area contributed by atoms with Gasteiger partial charge in [-0.15, -0.1) is 0 Å². The van der Waals surface area contributed by atoms with Gasteiger partial charge >= 0.3 is 0 Å². The Bertz CT molecular complexity index is 532. The Hall–Kier alpha value is -1.49. The van der Waals surface area contributed by atoms with Crippen molar-refractivity contribution < 1.29 is 14.0 Å². The molecule has 0 aliphatic carbocycles. The van der Waals surface area contributed by atoms with Crippen molar-refractivity contribution in [2.24, 2.45) is 0 Å². The zero-order valence-electron chi connectivity index (χ0n) is 10.5. The predicted octanol–water partition coefficient (Wildman–Crippen LogP) is 3.64. The summed E-state index contributed by atoms with van der Waals surface area (Å²) >= 11 is 3.45. The second-order valence-electron chi connectivity index (χ2n) is 3.89. The molecule has 2 aromatic rings. The van der Waals surface area contributed by atoms with E-state index in [0.29, 0.717) is 6.61 Å². The molecule has 0 atom stereocenters. The van der Waals surface area contributed by atoms with Crippen LogP contribution in [0.3, 0.4) is 0 Å². The van der Waals surface area contributed by atoms with E-state index in [4.69, 9.17) is 14.0 Å². The van der Waals surface area contributed by atoms with Crippen LogP contribution in [-0.2, 0) is 6.61 Å². The molecular weight excluding hydrogens is 298 g/mol. The summed E-state index contributed by atoms with van der Waals surface area (Å²) in [5.74, 6) is 2.33. The number of methoxy groups -OCH3 is 1. The van der Waals surface area contributed by atoms with Gasteiger partial charge in [0.1, 0.15) is 23.9 Å². The number of aromatic nitrogens is 1. The molecule has 4 nitrogen and oxygen atoms in total. The Labute approximate surface area is 114 Å². The van der Waals surface area contributed by atoms with Gasteiger partial charge in [0.15, 0.2) is 0 Å². The Morgan fingerprint density at radius 2 is 2.11 bits per heavy atom. The molecule has 0 radical (unpaired) electrons. The zero-order valence-corrected chi connectivity index (χ0v) is 12.1. The van der Waals surface area contributed by atoms with E-state index in [-0.39, 0.29) is 0 Å². The van der Waals surface area contributed by atoms with Crippen molar-refractivity contribution in [2.75, 3.05) is 7.11 Å². The predicted molar refractivity (Wildman–Crippen MR) is 71.0 cm³/mol. The van der Waals surface area contributed by atoms with Gasteiger partial charge in [-0.2, -0.15) is 0 Å². The Balaban J connectivity index is 2.11. The molecule has 0 N–H and O–H groups in total. The number of benzene rings is 1. The van der Waals surface area contributed by atoms with E-state index in [1.165, 1.54) is 0 Å². The standard InChI is InChI=1S/C13H14BrNO3/c1-8-11(9(2)18-15-8)7-17-13-5-4-10(16-3)6-12(13)14/h4-6H,7H2,1-3H3. The lowest BCUT2D eigenvalue weighted by Crippen LogP contribution is -1.98. The number of hydrogen-bond acceptors (Lipinski definition) is 4. The lowest BCUT2D eigenvalue weighted by atomic mass is 10.2. The molecule has 0 saturated heterocycles. The largest absolute Gasteiger partial charge is 0.497 e. The highest BCUT2D eigenvalue weighted by molar-refractivity contribution is 9.10. The summed E-state index contributed by atoms with van der Waals surface area (Å²) in [6, 6.07) is 5.58. The van der Waals surface area contributed by atoms with E-state index in [0.717, 1.165) is 33.0 Å². The fourth-order valence-corrected chi connectivity index (χ4v) is 2.06. The normalized spacial score (nSPS) is 10.4. The van der Waals surface area contributed by atoms with E-state index in [9.17, 15) is 0 Å². The van der Waals surface area contributed by atoms with Crippen LogP contribution in [0.15, 0.2) is 27.2 Å². The number of rotatable bonds is 4. The van der Waals surface area contributed by atoms with Gasteiger partial charge in [0.2, 0.25) is 0 Å². The highest BCUT2D eigenvalue weighted by atomic mass is 79.9. The third-order valence-electron chi connectivity index (χ3n) is 2.69. The summed E-state index contributed by atoms with van der Waals surface area (Å²) < 4.78 is 16.8. The molecule has 0 amide bonds. The van der Waals surface area contributed by atoms with Crippen molar-refractivity contribution in [2.45, 2.75) is 20.5 Å². The molecule has 96 valence electrons. The third-order valence-corrected chi connectivity index (χ3v) is 3.31. The first-order chi connectivity index (χ1) is 8.61. The van der Waals surface area contributed by atoms with Crippen LogP contribution in [0, 0.1) is 13.8 Å². The van der Waals surface area contributed by atoms with E-state index < -0.39 is 0 Å². The number of hydrogen-bond donors (Lipinski definition) is 0. The Morgan fingerprint density at radius 1 is 1.33 bits per heavy atom. The second kappa shape index (κ2) is 5.44. The van der Waals surface area contributed by atoms with Gasteiger partial charge in [0, 0.05) is 0 Å². The summed E-state index contributed by atoms with van der Waals surface area (Å²) in [5.41, 5.74) is 1.84. The van der Waals surface area contributed by atoms with Crippen LogP contribution in [0.1, 0.15) is 17.0 Å². The van der Waals surface area contributed by atoms with Gasteiger partial charge in [-0.05, 0) is 48.0 Å². The minimum absolute atomic E-state index is 0.437. The monoisotopic (exact) mass is 311 g/mol. The average Bonchev–Trinajstić information content (AvgIpc) is 2.68. The third kappa shape index (κ3) is 2.67. The van der Waals surface area contributed by atoms with Crippen LogP contribution < -0.4 is 9.47 Å². The Kier molecular flexibility index (Phi) is 3.91. The topological polar surface area (TPSA) is 44.5 Å². The van der Waals surface area contributed by atoms with Crippen molar-refractivity contribution in [1.29, 1.82) is 0 Å². The number of halogens is 1. The fraction of sp³-hybridized carbons (Fsp3) is 0.308. The summed E-state index contributed by atoms with van der Waals surface area (Å²) in [4.78, 5) is 0. The first kappa shape index (κ1) is 13.0. The highest BCUT2D eigenvalue weighted by Crippen LogP contribution is 2.30. The van der Waals surface area contributed by atoms with Crippen molar-refractivity contribution in [3.05, 3.63) is 39.7 Å². The molecule has 1 heterocycles. The lowest BCUT2D eigenvalue weighted by Gasteiger charge is -2.09. The van der Waals surface area contributed by atoms with Gasteiger partial charge in [-0.1, -0.05) is 5.16 Å². The SMILES string of the molecule is COc1ccc(OCc2c(C)noc2C)c(Br)c1. The maximum atomic E-state index is 5.74. The maximum absolute atomic E-state index is 5.74. The minimum Gasteiger partial charge on any atom is -0.497 e. The molecule has 18 heavy (non-hydrogen) atoms. The molecule has 0 spiro atoms. The van der Waals surface area contributed by atoms with E-state index in [2.05, 4.69) is 21.1 Å². The lowest BCUT2D eigenvalue weighted by molar-refractivity contribution is 0.299. The second-order valence-corrected chi connectivity index (χ2v) is 4.74. The number of aryl methyl sites for hydroxylation is 2. The minimum atomic E-state index is 0.437. The van der Waals surface area contributed by atoms with E-state index >= 15 is 0 Å². The van der Waals surface area contributed by atoms with Crippen LogP contribution in [0.5, 0.6) is 11.5 Å². The molecular formula is C13H14BrNO3. The van der Waals surface area contributed by atoms with Gasteiger partial charge in [0.25, 0.3) is 0 Å². The van der Waals surface area contributed by atoms with E-state index in [1.54, 1.807) is 7.11 Å². The maximum Gasteiger partial charge on any atom is 0.140 e. The summed E-state index contributed by atoms with van der Waals surface area (Å²) in [5, 5.41) is 3.89. The van der Waals surface area contributed by atoms with Crippen LogP contribution in [0.2, 0.25) is 0 Å². The van der Waals surface area contributed by atoms with Crippen LogP contribution in [0.4, 0.5) is 0 Å². The van der Waals surface area contributed by atoms with Crippen molar-refractivity contribution in [3.8, 4) is 11.5 Å². The molecule has 0 saturated carbocycles. The molecule has 2 rings (SSSR count). The quantitative estimate of drug-likeness (QED) is 0.864. The average molecular weight is 312 g/mol. The molecule has 0 unspecified atom stereocenters. The fourth-order valence-electron chi connectivity index (χ4n) is 1.58. The molecule has 0 aliphatic rings. The van der Waals surface area contributed by atoms with Gasteiger partial charge in [0.05, 0.1) is 22.8 Å². The van der Waals surface area contributed by atoms with Crippen molar-refractivity contribution in [1.82, 2.24) is 5.16 Å². The Morgan fingerprint density at radius 3 is 2.67 bits per heavy atom. The van der Waals surface area contributed by atoms with Crippen LogP contribution >= 0.6 is 15.9 Å². The summed E-state index contributed by atoms with van der Waals surface area (Å²) in [6.45, 7) is 4.21. The zero-order chi connectivity index (χ0) is 13.1. The summed E-state index contributed by atoms with van der Waals surface area (Å²) in [7, 11) is 1.63.